The minimum atomic E-state index is -0.280. The summed E-state index contributed by atoms with van der Waals surface area (Å²) in [6.07, 6.45) is 2.74. The highest BCUT2D eigenvalue weighted by Crippen LogP contribution is 2.32. The van der Waals surface area contributed by atoms with Crippen LogP contribution in [0, 0.1) is 5.82 Å². The van der Waals surface area contributed by atoms with Gasteiger partial charge in [-0.25, -0.2) is 13.9 Å². The molecule has 1 atom stereocenters. The van der Waals surface area contributed by atoms with Crippen molar-refractivity contribution in [3.63, 3.8) is 0 Å². The molecule has 0 spiro atoms. The lowest BCUT2D eigenvalue weighted by atomic mass is 9.82. The number of carbonyl (C=O) groups is 1. The lowest BCUT2D eigenvalue weighted by Gasteiger charge is -2.23. The Morgan fingerprint density at radius 3 is 2.60 bits per heavy atom. The Hall–Kier alpha value is -2.58. The first-order valence-electron chi connectivity index (χ1n) is 9.47. The van der Waals surface area contributed by atoms with Gasteiger partial charge in [-0.05, 0) is 47.7 Å². The van der Waals surface area contributed by atoms with E-state index < -0.39 is 0 Å². The summed E-state index contributed by atoms with van der Waals surface area (Å²) in [7, 11) is 0. The van der Waals surface area contributed by atoms with E-state index in [0.29, 0.717) is 29.3 Å². The average Bonchev–Trinajstić information content (AvgIpc) is 3.14. The van der Waals surface area contributed by atoms with Gasteiger partial charge in [-0.15, -0.1) is 5.10 Å². The van der Waals surface area contributed by atoms with Gasteiger partial charge in [0, 0.05) is 22.8 Å². The van der Waals surface area contributed by atoms with E-state index in [1.165, 1.54) is 29.5 Å². The summed E-state index contributed by atoms with van der Waals surface area (Å²) in [5.41, 5.74) is 3.44. The van der Waals surface area contributed by atoms with Gasteiger partial charge in [0.05, 0.1) is 11.3 Å². The number of halogens is 2. The van der Waals surface area contributed by atoms with Crippen LogP contribution < -0.4 is 0 Å². The van der Waals surface area contributed by atoms with Crippen LogP contribution in [0.25, 0.3) is 5.78 Å². The molecule has 0 saturated carbocycles. The predicted octanol–water partition coefficient (Wildman–Crippen LogP) is 5.23. The molecule has 1 unspecified atom stereocenters. The quantitative estimate of drug-likeness (QED) is 0.372. The van der Waals surface area contributed by atoms with Gasteiger partial charge < -0.3 is 0 Å². The molecule has 0 radical (unpaired) electrons. The third-order valence-corrected chi connectivity index (χ3v) is 6.62. The normalized spacial score (nSPS) is 16.1. The molecule has 30 heavy (non-hydrogen) atoms. The molecule has 0 fully saturated rings. The largest absolute Gasteiger partial charge is 0.294 e. The first kappa shape index (κ1) is 19.4. The molecule has 0 N–H and O–H groups in total. The summed E-state index contributed by atoms with van der Waals surface area (Å²) in [4.78, 5) is 21.9. The van der Waals surface area contributed by atoms with Crippen molar-refractivity contribution in [3.05, 3.63) is 87.4 Å². The highest BCUT2D eigenvalue weighted by atomic mass is 79.9. The Bertz CT molecular complexity index is 1240. The highest BCUT2D eigenvalue weighted by Gasteiger charge is 2.28. The minimum absolute atomic E-state index is 0.00489. The number of thioether (sulfide) groups is 1. The van der Waals surface area contributed by atoms with Crippen LogP contribution >= 0.6 is 27.7 Å². The number of carbonyl (C=O) groups excluding carboxylic acids is 1. The summed E-state index contributed by atoms with van der Waals surface area (Å²) in [5, 5.41) is 5.10. The Morgan fingerprint density at radius 1 is 1.07 bits per heavy atom. The van der Waals surface area contributed by atoms with Crippen LogP contribution in [0.3, 0.4) is 0 Å². The second-order valence-corrected chi connectivity index (χ2v) is 9.09. The average molecular weight is 483 g/mol. The maximum Gasteiger partial charge on any atom is 0.253 e. The van der Waals surface area contributed by atoms with Gasteiger partial charge in [-0.3, -0.25) is 4.79 Å². The third kappa shape index (κ3) is 3.89. The van der Waals surface area contributed by atoms with Crippen LogP contribution in [-0.2, 0) is 12.2 Å². The summed E-state index contributed by atoms with van der Waals surface area (Å²) in [6, 6.07) is 14.5. The van der Waals surface area contributed by atoms with Gasteiger partial charge in [0.1, 0.15) is 5.82 Å². The third-order valence-electron chi connectivity index (χ3n) is 5.19. The highest BCUT2D eigenvalue weighted by molar-refractivity contribution is 9.10. The second kappa shape index (κ2) is 7.92. The summed E-state index contributed by atoms with van der Waals surface area (Å²) in [6.45, 7) is 0. The Labute approximate surface area is 184 Å². The fraction of sp³-hybridized carbons (Fsp3) is 0.182. The maximum absolute atomic E-state index is 13.2. The van der Waals surface area contributed by atoms with E-state index in [-0.39, 0.29) is 17.5 Å². The number of nitrogens with zero attached hydrogens (tertiary/aromatic N) is 4. The lowest BCUT2D eigenvalue weighted by molar-refractivity contribution is 0.0962. The van der Waals surface area contributed by atoms with Crippen molar-refractivity contribution in [1.82, 2.24) is 19.6 Å². The van der Waals surface area contributed by atoms with E-state index in [0.717, 1.165) is 21.5 Å². The van der Waals surface area contributed by atoms with E-state index in [1.54, 1.807) is 22.8 Å². The van der Waals surface area contributed by atoms with Gasteiger partial charge in [0.2, 0.25) is 5.16 Å². The van der Waals surface area contributed by atoms with E-state index >= 15 is 0 Å². The van der Waals surface area contributed by atoms with Crippen molar-refractivity contribution in [2.45, 2.75) is 29.7 Å². The number of fused-ring (bicyclic) bond motifs is 2. The topological polar surface area (TPSA) is 60.2 Å². The molecule has 0 amide bonds. The van der Waals surface area contributed by atoms with Crippen molar-refractivity contribution in [2.75, 3.05) is 0 Å². The van der Waals surface area contributed by atoms with Crippen LogP contribution in [0.1, 0.15) is 39.5 Å². The van der Waals surface area contributed by atoms with Crippen LogP contribution in [0.2, 0.25) is 0 Å². The zero-order valence-corrected chi connectivity index (χ0v) is 18.2. The van der Waals surface area contributed by atoms with E-state index in [9.17, 15) is 9.18 Å². The smallest absolute Gasteiger partial charge is 0.253 e. The SMILES string of the molecule is O=C1CC(c2ccc(F)cc2)Cc2nc3nc(SCc4ccc(Br)cc4)nn3cc21. The Morgan fingerprint density at radius 2 is 1.83 bits per heavy atom. The Balaban J connectivity index is 1.39. The van der Waals surface area contributed by atoms with Crippen LogP contribution in [0.15, 0.2) is 64.4 Å². The fourth-order valence-corrected chi connectivity index (χ4v) is 4.67. The fourth-order valence-electron chi connectivity index (χ4n) is 3.62. The molecule has 150 valence electrons. The van der Waals surface area contributed by atoms with E-state index in [2.05, 4.69) is 43.1 Å². The van der Waals surface area contributed by atoms with Crippen molar-refractivity contribution in [1.29, 1.82) is 0 Å². The number of ketones is 1. The first-order chi connectivity index (χ1) is 14.5. The van der Waals surface area contributed by atoms with Crippen molar-refractivity contribution in [3.8, 4) is 0 Å². The summed E-state index contributed by atoms with van der Waals surface area (Å²) >= 11 is 4.97. The van der Waals surface area contributed by atoms with Gasteiger partial charge >= 0.3 is 0 Å². The van der Waals surface area contributed by atoms with E-state index in [1.807, 2.05) is 12.1 Å². The van der Waals surface area contributed by atoms with E-state index in [4.69, 9.17) is 0 Å². The molecule has 1 aliphatic rings. The van der Waals surface area contributed by atoms with Crippen LogP contribution in [0.5, 0.6) is 0 Å². The van der Waals surface area contributed by atoms with Gasteiger partial charge in [0.25, 0.3) is 5.78 Å². The van der Waals surface area contributed by atoms with Gasteiger partial charge in [0.15, 0.2) is 5.78 Å². The minimum Gasteiger partial charge on any atom is -0.294 e. The molecule has 2 aromatic heterocycles. The van der Waals surface area contributed by atoms with Crippen LogP contribution in [-0.4, -0.2) is 25.4 Å². The molecule has 5 nitrogen and oxygen atoms in total. The molecular weight excluding hydrogens is 467 g/mol. The van der Waals surface area contributed by atoms with Crippen molar-refractivity contribution in [2.24, 2.45) is 0 Å². The molecule has 1 aliphatic carbocycles. The van der Waals surface area contributed by atoms with Crippen molar-refractivity contribution >= 4 is 39.3 Å². The molecule has 5 rings (SSSR count). The van der Waals surface area contributed by atoms with Crippen LogP contribution in [0.4, 0.5) is 4.39 Å². The van der Waals surface area contributed by atoms with Gasteiger partial charge in [-0.1, -0.05) is 52.0 Å². The first-order valence-corrected chi connectivity index (χ1v) is 11.3. The molecule has 0 saturated heterocycles. The second-order valence-electron chi connectivity index (χ2n) is 7.24. The Kier molecular flexibility index (Phi) is 5.12. The number of hydrogen-bond acceptors (Lipinski definition) is 5. The molecule has 2 heterocycles. The number of benzene rings is 2. The number of hydrogen-bond donors (Lipinski definition) is 0. The maximum atomic E-state index is 13.2. The number of Topliss-reactive ketones (excluding diaryl/α,β-unsaturated/α-hetero) is 1. The van der Waals surface area contributed by atoms with Gasteiger partial charge in [-0.2, -0.15) is 4.98 Å². The summed E-state index contributed by atoms with van der Waals surface area (Å²) in [5.74, 6) is 0.974. The molecular formula is C22H16BrFN4OS. The number of rotatable bonds is 4. The zero-order valence-electron chi connectivity index (χ0n) is 15.8. The standard InChI is InChI=1S/C22H16BrFN4OS/c23-16-5-1-13(2-6-16)12-30-22-26-21-25-19-9-15(14-3-7-17(24)8-4-14)10-20(29)18(19)11-28(21)27-22/h1-8,11,15H,9-10,12H2. The molecule has 2 aromatic carbocycles. The lowest BCUT2D eigenvalue weighted by Crippen LogP contribution is -2.21. The molecule has 4 aromatic rings. The molecule has 0 aliphatic heterocycles. The zero-order chi connectivity index (χ0) is 20.7. The monoisotopic (exact) mass is 482 g/mol. The molecule has 8 heteroatoms. The van der Waals surface area contributed by atoms with Crippen molar-refractivity contribution < 1.29 is 9.18 Å². The summed E-state index contributed by atoms with van der Waals surface area (Å²) < 4.78 is 15.9. The number of aromatic nitrogens is 4. The molecule has 0 bridgehead atoms. The predicted molar refractivity (Wildman–Crippen MR) is 116 cm³/mol.